The molecule has 3 atom stereocenters. The van der Waals surface area contributed by atoms with Crippen molar-refractivity contribution in [3.63, 3.8) is 0 Å². The summed E-state index contributed by atoms with van der Waals surface area (Å²) in [6.07, 6.45) is 1.23. The normalized spacial score (nSPS) is 26.5. The molecule has 7 nitrogen and oxygen atoms in total. The van der Waals surface area contributed by atoms with Crippen LogP contribution < -0.4 is 16.4 Å². The van der Waals surface area contributed by atoms with E-state index in [1.54, 1.807) is 13.0 Å². The summed E-state index contributed by atoms with van der Waals surface area (Å²) in [4.78, 5) is 40.3. The van der Waals surface area contributed by atoms with Crippen molar-refractivity contribution in [2.24, 2.45) is 17.1 Å². The van der Waals surface area contributed by atoms with Gasteiger partial charge in [-0.3, -0.25) is 14.4 Å². The number of halogens is 5. The van der Waals surface area contributed by atoms with E-state index in [4.69, 9.17) is 5.73 Å². The topological polar surface area (TPSA) is 105 Å². The Hall–Kier alpha value is -2.76. The molecule has 1 spiro atoms. The van der Waals surface area contributed by atoms with Crippen molar-refractivity contribution in [3.05, 3.63) is 29.6 Å². The average Bonchev–Trinajstić information content (AvgIpc) is 3.82. The lowest BCUT2D eigenvalue weighted by molar-refractivity contribution is -0.139. The van der Waals surface area contributed by atoms with E-state index >= 15 is 4.39 Å². The van der Waals surface area contributed by atoms with E-state index in [2.05, 4.69) is 10.6 Å². The molecule has 0 aromatic heterocycles. The Labute approximate surface area is 235 Å². The van der Waals surface area contributed by atoms with Gasteiger partial charge < -0.3 is 21.3 Å². The number of nitrogens with two attached hydrogens (primary N) is 1. The van der Waals surface area contributed by atoms with Gasteiger partial charge in [0.15, 0.2) is 0 Å². The van der Waals surface area contributed by atoms with Gasteiger partial charge in [-0.15, -0.1) is 0 Å². The first-order valence-electron chi connectivity index (χ1n) is 14.4. The van der Waals surface area contributed by atoms with Gasteiger partial charge in [0.05, 0.1) is 11.7 Å². The van der Waals surface area contributed by atoms with Gasteiger partial charge in [-0.25, -0.2) is 22.0 Å². The summed E-state index contributed by atoms with van der Waals surface area (Å²) in [6, 6.07) is 1.90. The molecule has 0 unspecified atom stereocenters. The van der Waals surface area contributed by atoms with Crippen molar-refractivity contribution in [1.82, 2.24) is 10.2 Å². The van der Waals surface area contributed by atoms with Gasteiger partial charge >= 0.3 is 0 Å². The van der Waals surface area contributed by atoms with E-state index in [0.29, 0.717) is 24.8 Å². The van der Waals surface area contributed by atoms with Crippen molar-refractivity contribution < 1.29 is 36.3 Å². The number of nitrogens with one attached hydrogen (secondary N) is 2. The van der Waals surface area contributed by atoms with E-state index in [1.807, 2.05) is 0 Å². The number of anilines is 1. The molecule has 3 amide bonds. The maximum absolute atomic E-state index is 15.3. The number of nitrogens with zero attached hydrogens (tertiary/aromatic N) is 1. The lowest BCUT2D eigenvalue weighted by atomic mass is 9.81. The number of carbonyl (C=O) groups is 3. The van der Waals surface area contributed by atoms with Crippen LogP contribution in [0.1, 0.15) is 76.7 Å². The second kappa shape index (κ2) is 10.5. The number of benzene rings is 1. The Balaban J connectivity index is 1.30. The maximum Gasteiger partial charge on any atom is 0.254 e. The van der Waals surface area contributed by atoms with E-state index in [1.165, 1.54) is 17.0 Å². The molecule has 226 valence electrons. The van der Waals surface area contributed by atoms with Crippen LogP contribution in [0.3, 0.4) is 0 Å². The Morgan fingerprint density at radius 3 is 2.27 bits per heavy atom. The van der Waals surface area contributed by atoms with Gasteiger partial charge in [-0.05, 0) is 62.1 Å². The molecular formula is C29H37F5N4O3. The molecular weight excluding hydrogens is 547 g/mol. The molecule has 1 heterocycles. The summed E-state index contributed by atoms with van der Waals surface area (Å²) in [5.74, 6) is -8.58. The number of amides is 3. The predicted molar refractivity (Wildman–Crippen MR) is 141 cm³/mol. The van der Waals surface area contributed by atoms with Crippen LogP contribution in [-0.2, 0) is 19.8 Å². The van der Waals surface area contributed by atoms with Crippen molar-refractivity contribution >= 4 is 23.4 Å². The number of hydrogen-bond acceptors (Lipinski definition) is 4. The Kier molecular flexibility index (Phi) is 7.61. The third kappa shape index (κ3) is 5.68. The lowest BCUT2D eigenvalue weighted by Crippen LogP contribution is -2.56. The molecule has 1 aromatic carbocycles. The molecule has 4 fully saturated rings. The molecule has 1 aliphatic heterocycles. The van der Waals surface area contributed by atoms with E-state index in [9.17, 15) is 31.9 Å². The molecule has 12 heteroatoms. The molecule has 5 rings (SSSR count). The van der Waals surface area contributed by atoms with Crippen LogP contribution in [0.4, 0.5) is 27.6 Å². The monoisotopic (exact) mass is 584 g/mol. The zero-order valence-electron chi connectivity index (χ0n) is 23.1. The first-order chi connectivity index (χ1) is 19.2. The van der Waals surface area contributed by atoms with Crippen LogP contribution in [0, 0.1) is 17.2 Å². The van der Waals surface area contributed by atoms with Crippen molar-refractivity contribution in [2.75, 3.05) is 18.4 Å². The summed E-state index contributed by atoms with van der Waals surface area (Å²) >= 11 is 0. The third-order valence-electron chi connectivity index (χ3n) is 9.75. The quantitative estimate of drug-likeness (QED) is 0.392. The second-order valence-electron chi connectivity index (χ2n) is 12.4. The minimum atomic E-state index is -2.88. The highest BCUT2D eigenvalue weighted by Gasteiger charge is 2.71. The molecule has 0 radical (unpaired) electrons. The number of hydrogen-bond donors (Lipinski definition) is 3. The minimum absolute atomic E-state index is 0.127. The van der Waals surface area contributed by atoms with Gasteiger partial charge in [0.25, 0.3) is 5.92 Å². The van der Waals surface area contributed by atoms with E-state index in [0.717, 1.165) is 0 Å². The third-order valence-corrected chi connectivity index (χ3v) is 9.75. The molecule has 4 N–H and O–H groups in total. The van der Waals surface area contributed by atoms with Crippen LogP contribution in [0.15, 0.2) is 18.2 Å². The smallest absolute Gasteiger partial charge is 0.254 e. The summed E-state index contributed by atoms with van der Waals surface area (Å²) in [7, 11) is 0. The Morgan fingerprint density at radius 1 is 1.07 bits per heavy atom. The number of alkyl halides is 4. The van der Waals surface area contributed by atoms with Crippen LogP contribution in [0.25, 0.3) is 0 Å². The van der Waals surface area contributed by atoms with Crippen LogP contribution >= 0.6 is 0 Å². The van der Waals surface area contributed by atoms with Crippen LogP contribution in [-0.4, -0.2) is 59.6 Å². The van der Waals surface area contributed by atoms with Crippen molar-refractivity contribution in [3.8, 4) is 0 Å². The highest BCUT2D eigenvalue weighted by atomic mass is 19.3. The number of piperidine rings is 1. The van der Waals surface area contributed by atoms with Gasteiger partial charge in [-0.2, -0.15) is 0 Å². The maximum atomic E-state index is 15.3. The molecule has 3 saturated carbocycles. The predicted octanol–water partition coefficient (Wildman–Crippen LogP) is 4.49. The molecule has 3 aliphatic carbocycles. The first-order valence-corrected chi connectivity index (χ1v) is 14.4. The highest BCUT2D eigenvalue weighted by molar-refractivity contribution is 5.95. The highest BCUT2D eigenvalue weighted by Crippen LogP contribution is 2.66. The fraction of sp³-hybridized carbons (Fsp3) is 0.690. The average molecular weight is 585 g/mol. The fourth-order valence-electron chi connectivity index (χ4n) is 6.71. The zero-order chi connectivity index (χ0) is 29.8. The largest absolute Gasteiger partial charge is 0.343 e. The zero-order valence-corrected chi connectivity index (χ0v) is 23.1. The SMILES string of the molecule is CCC(=O)N[C@@H](C(=O)N1CCC2(CC1)CC2(F)F)C1(c2ccc(NC(=O)[C@@H](N)[C@H]3CCCC(F)(F)C3)c(F)c2)CC1. The molecule has 41 heavy (non-hydrogen) atoms. The summed E-state index contributed by atoms with van der Waals surface area (Å²) in [5, 5.41) is 5.20. The Bertz CT molecular complexity index is 1210. The van der Waals surface area contributed by atoms with Gasteiger partial charge in [-0.1, -0.05) is 13.0 Å². The molecule has 4 aliphatic rings. The first kappa shape index (κ1) is 29.7. The fourth-order valence-corrected chi connectivity index (χ4v) is 6.71. The number of rotatable bonds is 8. The number of carbonyl (C=O) groups excluding carboxylic acids is 3. The van der Waals surface area contributed by atoms with Gasteiger partial charge in [0, 0.05) is 49.6 Å². The van der Waals surface area contributed by atoms with Crippen LogP contribution in [0.5, 0.6) is 0 Å². The molecule has 1 saturated heterocycles. The van der Waals surface area contributed by atoms with Crippen LogP contribution in [0.2, 0.25) is 0 Å². The molecule has 0 bridgehead atoms. The van der Waals surface area contributed by atoms with Crippen molar-refractivity contribution in [2.45, 2.75) is 100 Å². The summed E-state index contributed by atoms with van der Waals surface area (Å²) in [5.41, 5.74) is 4.34. The van der Waals surface area contributed by atoms with E-state index < -0.39 is 58.8 Å². The van der Waals surface area contributed by atoms with Gasteiger partial charge in [0.2, 0.25) is 23.6 Å². The summed E-state index contributed by atoms with van der Waals surface area (Å²) < 4.78 is 70.6. The number of likely N-dealkylation sites (tertiary alicyclic amines) is 1. The molecule has 1 aromatic rings. The van der Waals surface area contributed by atoms with Crippen molar-refractivity contribution in [1.29, 1.82) is 0 Å². The minimum Gasteiger partial charge on any atom is -0.343 e. The lowest BCUT2D eigenvalue weighted by Gasteiger charge is -2.37. The van der Waals surface area contributed by atoms with Gasteiger partial charge in [0.1, 0.15) is 11.9 Å². The van der Waals surface area contributed by atoms with E-state index in [-0.39, 0.29) is 69.1 Å². The summed E-state index contributed by atoms with van der Waals surface area (Å²) in [6.45, 7) is 1.97. The second-order valence-corrected chi connectivity index (χ2v) is 12.4. The standard InChI is InChI=1S/C29H37F5N4O3/c1-2-21(39)37-23(25(41)38-12-10-26(11-13-38)16-29(26,33)34)27(8-9-27)18-5-6-20(19(30)14-18)36-24(40)22(35)17-4-3-7-28(31,32)15-17/h5-6,14,17,22-23H,2-4,7-13,15-16,35H2,1H3,(H,36,40)(H,37,39)/t17-,22-,23-/m0/s1. The Morgan fingerprint density at radius 2 is 1.73 bits per heavy atom.